The van der Waals surface area contributed by atoms with Gasteiger partial charge in [-0.2, -0.15) is 0 Å². The Bertz CT molecular complexity index is 400. The highest BCUT2D eigenvalue weighted by Gasteiger charge is 2.31. The number of pyridine rings is 1. The van der Waals surface area contributed by atoms with Gasteiger partial charge in [0, 0.05) is 17.1 Å². The van der Waals surface area contributed by atoms with Gasteiger partial charge in [0.25, 0.3) is 0 Å². The molecule has 1 atom stereocenters. The highest BCUT2D eigenvalue weighted by molar-refractivity contribution is 6.29. The molecule has 1 aromatic heterocycles. The molecule has 1 heterocycles. The second kappa shape index (κ2) is 3.54. The summed E-state index contributed by atoms with van der Waals surface area (Å²) in [5.74, 6) is 0.0484. The largest absolute Gasteiger partial charge is 0.292 e. The van der Waals surface area contributed by atoms with Gasteiger partial charge in [0.2, 0.25) is 0 Å². The molecule has 1 aliphatic rings. The number of halogens is 1. The number of hydrogen-bond donors (Lipinski definition) is 0. The minimum absolute atomic E-state index is 0.0510. The average Bonchev–Trinajstić information content (AvgIpc) is 2.44. The minimum atomic E-state index is -0.0510. The number of rotatable bonds is 2. The molecule has 1 aromatic rings. The molecule has 72 valence electrons. The molecule has 2 nitrogen and oxygen atoms in total. The summed E-state index contributed by atoms with van der Waals surface area (Å²) in [6.45, 7) is 3.61. The van der Waals surface area contributed by atoms with Gasteiger partial charge in [0.05, 0.1) is 0 Å². The molecule has 1 aliphatic carbocycles. The average molecular weight is 208 g/mol. The van der Waals surface area contributed by atoms with Gasteiger partial charge in [-0.25, -0.2) is 0 Å². The molecule has 14 heavy (non-hydrogen) atoms. The third kappa shape index (κ3) is 1.58. The third-order valence-corrected chi connectivity index (χ3v) is 2.58. The van der Waals surface area contributed by atoms with E-state index in [1.54, 1.807) is 6.20 Å². The molecule has 0 N–H and O–H groups in total. The van der Waals surface area contributed by atoms with E-state index < -0.39 is 0 Å². The molecule has 0 radical (unpaired) electrons. The van der Waals surface area contributed by atoms with Crippen molar-refractivity contribution in [2.75, 3.05) is 0 Å². The van der Waals surface area contributed by atoms with Crippen molar-refractivity contribution < 1.29 is 4.79 Å². The van der Waals surface area contributed by atoms with Crippen LogP contribution in [0.3, 0.4) is 0 Å². The normalized spacial score (nSPS) is 19.5. The molecule has 0 fully saturated rings. The molecule has 2 rings (SSSR count). The van der Waals surface area contributed by atoms with Crippen LogP contribution in [0.4, 0.5) is 0 Å². The van der Waals surface area contributed by atoms with Crippen LogP contribution >= 0.6 is 11.6 Å². The molecule has 0 saturated heterocycles. The van der Waals surface area contributed by atoms with E-state index in [1.165, 1.54) is 0 Å². The second-order valence-corrected chi connectivity index (χ2v) is 4.03. The summed E-state index contributed by atoms with van der Waals surface area (Å²) in [7, 11) is 0. The molecule has 3 heteroatoms. The molecule has 0 saturated carbocycles. The molecule has 0 bridgehead atoms. The monoisotopic (exact) mass is 207 g/mol. The summed E-state index contributed by atoms with van der Waals surface area (Å²) in [5.41, 5.74) is 1.64. The van der Waals surface area contributed by atoms with Crippen molar-refractivity contribution in [3.63, 3.8) is 0 Å². The predicted octanol–water partition coefficient (Wildman–Crippen LogP) is 2.58. The van der Waals surface area contributed by atoms with Gasteiger partial charge in [-0.05, 0) is 24.5 Å². The van der Waals surface area contributed by atoms with Gasteiger partial charge in [0.15, 0.2) is 5.78 Å². The van der Waals surface area contributed by atoms with Crippen molar-refractivity contribution in [2.24, 2.45) is 5.92 Å². The maximum Gasteiger partial charge on any atom is 0.185 e. The zero-order valence-electron chi connectivity index (χ0n) is 7.66. The van der Waals surface area contributed by atoms with Crippen LogP contribution in [0.5, 0.6) is 0 Å². The summed E-state index contributed by atoms with van der Waals surface area (Å²) in [6.07, 6.45) is 2.94. The van der Waals surface area contributed by atoms with Crippen LogP contribution in [0.2, 0.25) is 0 Å². The lowest BCUT2D eigenvalue weighted by atomic mass is 10.0. The van der Waals surface area contributed by atoms with Crippen molar-refractivity contribution in [3.8, 4) is 0 Å². The van der Waals surface area contributed by atoms with Crippen LogP contribution in [0.1, 0.15) is 22.5 Å². The fourth-order valence-corrected chi connectivity index (χ4v) is 2.00. The predicted molar refractivity (Wildman–Crippen MR) is 55.4 cm³/mol. The fraction of sp³-hybridized carbons (Fsp3) is 0.273. The number of aromatic nitrogens is 1. The van der Waals surface area contributed by atoms with E-state index in [2.05, 4.69) is 11.6 Å². The second-order valence-electron chi connectivity index (χ2n) is 3.50. The highest BCUT2D eigenvalue weighted by atomic mass is 35.5. The lowest BCUT2D eigenvalue weighted by Gasteiger charge is -2.04. The first kappa shape index (κ1) is 9.41. The number of hydrogen-bond acceptors (Lipinski definition) is 2. The molecule has 0 aliphatic heterocycles. The zero-order chi connectivity index (χ0) is 10.1. The minimum Gasteiger partial charge on any atom is -0.292 e. The molecule has 0 aromatic carbocycles. The number of carbonyl (C=O) groups is 1. The first-order valence-electron chi connectivity index (χ1n) is 4.50. The summed E-state index contributed by atoms with van der Waals surface area (Å²) >= 11 is 5.70. The summed E-state index contributed by atoms with van der Waals surface area (Å²) in [6, 6.07) is 3.79. The van der Waals surface area contributed by atoms with Gasteiger partial charge in [-0.3, -0.25) is 9.78 Å². The van der Waals surface area contributed by atoms with Gasteiger partial charge in [-0.15, -0.1) is 0 Å². The standard InChI is InChI=1S/C11H10ClNO/c1-7(12)5-9-6-8-3-2-4-13-10(8)11(9)14/h2-4,9H,1,5-6H2. The Hall–Kier alpha value is -1.15. The van der Waals surface area contributed by atoms with Crippen molar-refractivity contribution in [2.45, 2.75) is 12.8 Å². The van der Waals surface area contributed by atoms with E-state index in [0.717, 1.165) is 12.0 Å². The topological polar surface area (TPSA) is 30.0 Å². The number of fused-ring (bicyclic) bond motifs is 1. The first-order valence-corrected chi connectivity index (χ1v) is 4.87. The van der Waals surface area contributed by atoms with Gasteiger partial charge in [-0.1, -0.05) is 24.2 Å². The highest BCUT2D eigenvalue weighted by Crippen LogP contribution is 2.29. The summed E-state index contributed by atoms with van der Waals surface area (Å²) in [5, 5.41) is 0.538. The third-order valence-electron chi connectivity index (χ3n) is 2.43. The fourth-order valence-electron chi connectivity index (χ4n) is 1.81. The lowest BCUT2D eigenvalue weighted by molar-refractivity contribution is 0.0933. The number of Topliss-reactive ketones (excluding diaryl/α,β-unsaturated/α-hetero) is 1. The number of ketones is 1. The molecule has 0 amide bonds. The van der Waals surface area contributed by atoms with Gasteiger partial charge < -0.3 is 0 Å². The van der Waals surface area contributed by atoms with Crippen LogP contribution in [-0.4, -0.2) is 10.8 Å². The van der Waals surface area contributed by atoms with E-state index in [4.69, 9.17) is 11.6 Å². The molecular formula is C11H10ClNO. The summed E-state index contributed by atoms with van der Waals surface area (Å²) in [4.78, 5) is 15.8. The van der Waals surface area contributed by atoms with E-state index in [0.29, 0.717) is 17.1 Å². The zero-order valence-corrected chi connectivity index (χ0v) is 8.42. The smallest absolute Gasteiger partial charge is 0.185 e. The SMILES string of the molecule is C=C(Cl)CC1Cc2cccnc2C1=O. The Morgan fingerprint density at radius 3 is 3.14 bits per heavy atom. The van der Waals surface area contributed by atoms with Crippen LogP contribution in [-0.2, 0) is 6.42 Å². The Labute approximate surface area is 87.6 Å². The Kier molecular flexibility index (Phi) is 2.38. The molecular weight excluding hydrogens is 198 g/mol. The summed E-state index contributed by atoms with van der Waals surface area (Å²) < 4.78 is 0. The van der Waals surface area contributed by atoms with Crippen LogP contribution in [0, 0.1) is 5.92 Å². The van der Waals surface area contributed by atoms with E-state index in [1.807, 2.05) is 12.1 Å². The van der Waals surface area contributed by atoms with Crippen molar-refractivity contribution in [1.82, 2.24) is 4.98 Å². The van der Waals surface area contributed by atoms with E-state index in [-0.39, 0.29) is 11.7 Å². The molecule has 1 unspecified atom stereocenters. The maximum absolute atomic E-state index is 11.8. The van der Waals surface area contributed by atoms with E-state index >= 15 is 0 Å². The van der Waals surface area contributed by atoms with Crippen molar-refractivity contribution >= 4 is 17.4 Å². The van der Waals surface area contributed by atoms with Crippen LogP contribution < -0.4 is 0 Å². The van der Waals surface area contributed by atoms with Gasteiger partial charge in [0.1, 0.15) is 5.69 Å². The Morgan fingerprint density at radius 2 is 2.50 bits per heavy atom. The van der Waals surface area contributed by atoms with Gasteiger partial charge >= 0.3 is 0 Å². The Balaban J connectivity index is 2.26. The van der Waals surface area contributed by atoms with Crippen LogP contribution in [0.25, 0.3) is 0 Å². The van der Waals surface area contributed by atoms with E-state index in [9.17, 15) is 4.79 Å². The number of carbonyl (C=O) groups excluding carboxylic acids is 1. The lowest BCUT2D eigenvalue weighted by Crippen LogP contribution is -2.09. The van der Waals surface area contributed by atoms with Crippen LogP contribution in [0.15, 0.2) is 29.9 Å². The Morgan fingerprint density at radius 1 is 1.71 bits per heavy atom. The van der Waals surface area contributed by atoms with Crippen molar-refractivity contribution in [1.29, 1.82) is 0 Å². The quantitative estimate of drug-likeness (QED) is 0.746. The first-order chi connectivity index (χ1) is 6.68. The number of nitrogens with zero attached hydrogens (tertiary/aromatic N) is 1. The van der Waals surface area contributed by atoms with Crippen molar-refractivity contribution in [3.05, 3.63) is 41.2 Å². The number of allylic oxidation sites excluding steroid dienone is 1. The molecule has 0 spiro atoms. The maximum atomic E-state index is 11.8.